The van der Waals surface area contributed by atoms with Crippen molar-refractivity contribution in [3.63, 3.8) is 0 Å². The zero-order valence-electron chi connectivity index (χ0n) is 16.4. The van der Waals surface area contributed by atoms with Crippen LogP contribution in [0.1, 0.15) is 17.7 Å². The smallest absolute Gasteiger partial charge is 0.410 e. The van der Waals surface area contributed by atoms with Crippen molar-refractivity contribution in [1.29, 1.82) is 5.26 Å². The number of urea groups is 1. The van der Waals surface area contributed by atoms with E-state index in [1.165, 1.54) is 40.3 Å². The fourth-order valence-electron chi connectivity index (χ4n) is 4.57. The number of benzene rings is 1. The van der Waals surface area contributed by atoms with Gasteiger partial charge in [-0.1, -0.05) is 0 Å². The van der Waals surface area contributed by atoms with Gasteiger partial charge in [0.2, 0.25) is 0 Å². The highest BCUT2D eigenvalue weighted by Gasteiger charge is 2.63. The Morgan fingerprint density at radius 3 is 2.71 bits per heavy atom. The summed E-state index contributed by atoms with van der Waals surface area (Å²) in [7, 11) is 0. The van der Waals surface area contributed by atoms with Crippen LogP contribution in [0.3, 0.4) is 0 Å². The van der Waals surface area contributed by atoms with Gasteiger partial charge < -0.3 is 14.5 Å². The predicted molar refractivity (Wildman–Crippen MR) is 104 cm³/mol. The summed E-state index contributed by atoms with van der Waals surface area (Å²) in [4.78, 5) is 46.9. The molecule has 3 aliphatic rings. The molecule has 0 saturated carbocycles. The number of fused-ring (bicyclic) bond motifs is 5. The molecule has 9 nitrogen and oxygen atoms in total. The second kappa shape index (κ2) is 6.77. The van der Waals surface area contributed by atoms with E-state index in [1.807, 2.05) is 6.07 Å². The fourth-order valence-corrected chi connectivity index (χ4v) is 4.57. The third-order valence-electron chi connectivity index (χ3n) is 5.95. The van der Waals surface area contributed by atoms with Gasteiger partial charge in [0, 0.05) is 6.54 Å². The minimum absolute atomic E-state index is 0.195. The Labute approximate surface area is 176 Å². The van der Waals surface area contributed by atoms with Crippen LogP contribution >= 0.6 is 0 Å². The van der Waals surface area contributed by atoms with Gasteiger partial charge in [-0.15, -0.1) is 0 Å². The highest BCUT2D eigenvalue weighted by molar-refractivity contribution is 6.22. The number of aryl methyl sites for hydroxylation is 1. The molecule has 3 aliphatic heterocycles. The fraction of sp³-hybridized carbons (Fsp3) is 0.286. The first-order valence-electron chi connectivity index (χ1n) is 9.66. The molecular formula is C21H16FN5O4. The molecule has 2 aromatic rings. The number of aromatic nitrogens is 1. The largest absolute Gasteiger partial charge is 0.415 e. The van der Waals surface area contributed by atoms with Gasteiger partial charge >= 0.3 is 12.1 Å². The van der Waals surface area contributed by atoms with Crippen LogP contribution in [0.5, 0.6) is 5.75 Å². The molecule has 1 aromatic carbocycles. The van der Waals surface area contributed by atoms with Crippen LogP contribution in [0.2, 0.25) is 0 Å². The first-order valence-corrected chi connectivity index (χ1v) is 9.66. The van der Waals surface area contributed by atoms with E-state index in [-0.39, 0.29) is 24.0 Å². The van der Waals surface area contributed by atoms with E-state index in [2.05, 4.69) is 4.98 Å². The SMILES string of the molecule is Cc1cc(N2C(=O)[C@H]3C4CC(CN4C(=O)Oc4ccc(F)cc4)N3C2=O)cnc1C#N. The third-order valence-corrected chi connectivity index (χ3v) is 5.95. The lowest BCUT2D eigenvalue weighted by atomic mass is 10.1. The highest BCUT2D eigenvalue weighted by atomic mass is 19.1. The van der Waals surface area contributed by atoms with Crippen molar-refractivity contribution in [3.8, 4) is 11.8 Å². The maximum atomic E-state index is 13.2. The summed E-state index contributed by atoms with van der Waals surface area (Å²) in [5, 5.41) is 9.05. The summed E-state index contributed by atoms with van der Waals surface area (Å²) in [6.07, 6.45) is 1.17. The molecule has 0 radical (unpaired) electrons. The molecule has 4 heterocycles. The van der Waals surface area contributed by atoms with Crippen LogP contribution < -0.4 is 9.64 Å². The number of rotatable bonds is 2. The molecule has 4 amide bonds. The number of carbonyl (C=O) groups excluding carboxylic acids is 3. The van der Waals surface area contributed by atoms with E-state index in [9.17, 15) is 18.8 Å². The molecule has 2 unspecified atom stereocenters. The maximum Gasteiger partial charge on any atom is 0.415 e. The monoisotopic (exact) mass is 421 g/mol. The lowest BCUT2D eigenvalue weighted by Gasteiger charge is -2.34. The van der Waals surface area contributed by atoms with Crippen LogP contribution in [-0.2, 0) is 4.79 Å². The molecule has 0 spiro atoms. The molecule has 5 rings (SSSR count). The van der Waals surface area contributed by atoms with Gasteiger partial charge in [-0.05, 0) is 49.2 Å². The standard InChI is InChI=1S/C21H16FN5O4/c1-11-6-13(9-24-16(11)8-23)27-19(28)18-17-7-14(26(18)20(27)29)10-25(17)21(30)31-15-4-2-12(22)3-5-15/h2-6,9,14,17-18H,7,10H2,1H3/t14?,17?,18-/m1/s1. The van der Waals surface area contributed by atoms with Crippen molar-refractivity contribution in [2.45, 2.75) is 31.5 Å². The van der Waals surface area contributed by atoms with E-state index in [0.717, 1.165) is 4.90 Å². The van der Waals surface area contributed by atoms with Crippen molar-refractivity contribution in [3.05, 3.63) is 53.6 Å². The minimum Gasteiger partial charge on any atom is -0.410 e. The number of amides is 4. The van der Waals surface area contributed by atoms with Crippen LogP contribution in [0.15, 0.2) is 36.5 Å². The normalized spacial score (nSPS) is 23.9. The molecule has 3 fully saturated rings. The van der Waals surface area contributed by atoms with Crippen molar-refractivity contribution < 1.29 is 23.5 Å². The second-order valence-electron chi connectivity index (χ2n) is 7.71. The number of halogens is 1. The van der Waals surface area contributed by atoms with Crippen molar-refractivity contribution in [1.82, 2.24) is 14.8 Å². The lowest BCUT2D eigenvalue weighted by molar-refractivity contribution is -0.121. The molecule has 156 valence electrons. The summed E-state index contributed by atoms with van der Waals surface area (Å²) < 4.78 is 18.4. The summed E-state index contributed by atoms with van der Waals surface area (Å²) in [5.41, 5.74) is 1.07. The van der Waals surface area contributed by atoms with E-state index < -0.39 is 35.9 Å². The van der Waals surface area contributed by atoms with E-state index in [4.69, 9.17) is 10.00 Å². The zero-order valence-corrected chi connectivity index (χ0v) is 16.4. The van der Waals surface area contributed by atoms with Gasteiger partial charge in [-0.2, -0.15) is 5.26 Å². The highest BCUT2D eigenvalue weighted by Crippen LogP contribution is 2.42. The number of likely N-dealkylation sites (tertiary alicyclic amines) is 1. The number of nitriles is 1. The van der Waals surface area contributed by atoms with E-state index >= 15 is 0 Å². The lowest BCUT2D eigenvalue weighted by Crippen LogP contribution is -2.55. The Morgan fingerprint density at radius 2 is 2.03 bits per heavy atom. The number of nitrogens with zero attached hydrogens (tertiary/aromatic N) is 5. The Hall–Kier alpha value is -4.00. The molecule has 3 saturated heterocycles. The maximum absolute atomic E-state index is 13.2. The summed E-state index contributed by atoms with van der Waals surface area (Å²) in [5.74, 6) is -0.693. The average molecular weight is 421 g/mol. The molecule has 10 heteroatoms. The van der Waals surface area contributed by atoms with Crippen LogP contribution in [-0.4, -0.2) is 57.5 Å². The van der Waals surface area contributed by atoms with Gasteiger partial charge in [0.05, 0.1) is 24.0 Å². The quantitative estimate of drug-likeness (QED) is 0.688. The third kappa shape index (κ3) is 2.81. The van der Waals surface area contributed by atoms with Crippen molar-refractivity contribution in [2.75, 3.05) is 11.4 Å². The van der Waals surface area contributed by atoms with Gasteiger partial charge in [-0.3, -0.25) is 4.79 Å². The average Bonchev–Trinajstić information content (AvgIpc) is 3.41. The Bertz CT molecular complexity index is 1160. The van der Waals surface area contributed by atoms with Crippen molar-refractivity contribution in [2.24, 2.45) is 0 Å². The van der Waals surface area contributed by atoms with E-state index in [0.29, 0.717) is 17.7 Å². The zero-order chi connectivity index (χ0) is 21.9. The number of anilines is 1. The molecule has 3 atom stereocenters. The molecular weight excluding hydrogens is 405 g/mol. The van der Waals surface area contributed by atoms with Crippen molar-refractivity contribution >= 4 is 23.7 Å². The van der Waals surface area contributed by atoms with Gasteiger partial charge in [0.1, 0.15) is 29.4 Å². The molecule has 1 aromatic heterocycles. The molecule has 0 aliphatic carbocycles. The van der Waals surface area contributed by atoms with E-state index in [1.54, 1.807) is 13.0 Å². The minimum atomic E-state index is -0.803. The van der Waals surface area contributed by atoms with Gasteiger partial charge in [0.15, 0.2) is 0 Å². The number of piperazine rings is 1. The molecule has 2 bridgehead atoms. The number of carbonyl (C=O) groups is 3. The Balaban J connectivity index is 1.38. The molecule has 31 heavy (non-hydrogen) atoms. The van der Waals surface area contributed by atoms with Gasteiger partial charge in [-0.25, -0.2) is 23.9 Å². The van der Waals surface area contributed by atoms with Crippen LogP contribution in [0, 0.1) is 24.1 Å². The summed E-state index contributed by atoms with van der Waals surface area (Å²) in [6.45, 7) is 1.93. The molecule has 0 N–H and O–H groups in total. The number of ether oxygens (including phenoxy) is 1. The number of imide groups is 1. The summed E-state index contributed by atoms with van der Waals surface area (Å²) >= 11 is 0. The number of hydrogen-bond acceptors (Lipinski definition) is 6. The second-order valence-corrected chi connectivity index (χ2v) is 7.71. The summed E-state index contributed by atoms with van der Waals surface area (Å²) in [6, 6.07) is 6.52. The first-order chi connectivity index (χ1) is 14.9. The first kappa shape index (κ1) is 19.0. The van der Waals surface area contributed by atoms with Crippen LogP contribution in [0.25, 0.3) is 0 Å². The Kier molecular flexibility index (Phi) is 4.15. The number of pyridine rings is 1. The number of hydrogen-bond donors (Lipinski definition) is 0. The van der Waals surface area contributed by atoms with Gasteiger partial charge in [0.25, 0.3) is 5.91 Å². The van der Waals surface area contributed by atoms with Crippen LogP contribution in [0.4, 0.5) is 19.7 Å². The Morgan fingerprint density at radius 1 is 1.29 bits per heavy atom. The topological polar surface area (TPSA) is 107 Å². The predicted octanol–water partition coefficient (Wildman–Crippen LogP) is 2.19.